The van der Waals surface area contributed by atoms with Crippen LogP contribution in [0.25, 0.3) is 10.9 Å². The van der Waals surface area contributed by atoms with E-state index >= 15 is 0 Å². The van der Waals surface area contributed by atoms with Crippen molar-refractivity contribution >= 4 is 32.6 Å². The first-order chi connectivity index (χ1) is 11.7. The number of aliphatic carboxylic acids is 1. The molecule has 1 atom stereocenters. The van der Waals surface area contributed by atoms with Gasteiger partial charge in [-0.3, -0.25) is 9.59 Å². The number of carbonyl (C=O) groups is 2. The van der Waals surface area contributed by atoms with Gasteiger partial charge >= 0.3 is 5.97 Å². The summed E-state index contributed by atoms with van der Waals surface area (Å²) in [5.41, 5.74) is 0.829. The molecule has 0 aliphatic rings. The average molecular weight is 362 g/mol. The highest BCUT2D eigenvalue weighted by atomic mass is 32.2. The van der Waals surface area contributed by atoms with Crippen LogP contribution in [0.1, 0.15) is 23.3 Å². The van der Waals surface area contributed by atoms with Gasteiger partial charge in [0.05, 0.1) is 5.52 Å². The maximum absolute atomic E-state index is 12.4. The lowest BCUT2D eigenvalue weighted by molar-refractivity contribution is -0.137. The van der Waals surface area contributed by atoms with Crippen molar-refractivity contribution in [3.8, 4) is 0 Å². The molecule has 1 unspecified atom stereocenters. The maximum Gasteiger partial charge on any atom is 0.303 e. The van der Waals surface area contributed by atoms with Crippen molar-refractivity contribution in [1.82, 2.24) is 10.3 Å². The fourth-order valence-electron chi connectivity index (χ4n) is 2.17. The fourth-order valence-corrected chi connectivity index (χ4v) is 2.64. The molecule has 1 heterocycles. The average Bonchev–Trinajstić information content (AvgIpc) is 2.55. The zero-order valence-electron chi connectivity index (χ0n) is 13.5. The monoisotopic (exact) mass is 362 g/mol. The highest BCUT2D eigenvalue weighted by Crippen LogP contribution is 2.12. The third-order valence-electron chi connectivity index (χ3n) is 3.37. The molecule has 0 radical (unpaired) electrons. The molecule has 1 aromatic carbocycles. The molecule has 2 rings (SSSR count). The zero-order chi connectivity index (χ0) is 18.4. The molecule has 0 bridgehead atoms. The molecule has 0 aliphatic carbocycles. The van der Waals surface area contributed by atoms with Crippen LogP contribution in [0.15, 0.2) is 47.9 Å². The summed E-state index contributed by atoms with van der Waals surface area (Å²) in [7, 11) is -3.38. The fraction of sp³-hybridized carbons (Fsp3) is 0.235. The second-order valence-corrected chi connectivity index (χ2v) is 7.49. The second-order valence-electron chi connectivity index (χ2n) is 5.56. The summed E-state index contributed by atoms with van der Waals surface area (Å²) in [5.74, 6) is -1.53. The normalized spacial score (nSPS) is 13.0. The van der Waals surface area contributed by atoms with Gasteiger partial charge in [-0.15, -0.1) is 0 Å². The Bertz CT molecular complexity index is 922. The van der Waals surface area contributed by atoms with Gasteiger partial charge in [0.25, 0.3) is 5.91 Å². The van der Waals surface area contributed by atoms with Gasteiger partial charge in [0.15, 0.2) is 9.84 Å². The predicted molar refractivity (Wildman–Crippen MR) is 93.9 cm³/mol. The number of carbonyl (C=O) groups excluding carboxylic acids is 1. The van der Waals surface area contributed by atoms with E-state index in [2.05, 4.69) is 10.3 Å². The van der Waals surface area contributed by atoms with Crippen LogP contribution in [0.3, 0.4) is 0 Å². The van der Waals surface area contributed by atoms with Crippen molar-refractivity contribution in [1.29, 1.82) is 0 Å². The largest absolute Gasteiger partial charge is 0.481 e. The molecule has 0 saturated carbocycles. The minimum atomic E-state index is -3.38. The molecule has 25 heavy (non-hydrogen) atoms. The number of carboxylic acid groups (broad SMARTS) is 1. The molecule has 0 spiro atoms. The Labute approximate surface area is 145 Å². The maximum atomic E-state index is 12.4. The SMILES string of the molecule is CS(=O)(=O)C=CC(CCC(=O)O)NC(=O)c1ccc2ccccc2n1. The quantitative estimate of drug-likeness (QED) is 0.776. The van der Waals surface area contributed by atoms with Crippen LogP contribution >= 0.6 is 0 Å². The molecular formula is C17H18N2O5S. The summed E-state index contributed by atoms with van der Waals surface area (Å²) in [5, 5.41) is 13.2. The minimum absolute atomic E-state index is 0.0701. The summed E-state index contributed by atoms with van der Waals surface area (Å²) >= 11 is 0. The van der Waals surface area contributed by atoms with E-state index in [0.717, 1.165) is 17.1 Å². The number of amides is 1. The number of nitrogens with one attached hydrogen (secondary N) is 1. The van der Waals surface area contributed by atoms with Crippen LogP contribution in [0, 0.1) is 0 Å². The number of aromatic nitrogens is 1. The third-order valence-corrected chi connectivity index (χ3v) is 4.03. The number of pyridine rings is 1. The lowest BCUT2D eigenvalue weighted by Gasteiger charge is -2.14. The van der Waals surface area contributed by atoms with Crippen LogP contribution in [-0.2, 0) is 14.6 Å². The number of hydrogen-bond acceptors (Lipinski definition) is 5. The first-order valence-electron chi connectivity index (χ1n) is 7.51. The van der Waals surface area contributed by atoms with E-state index in [9.17, 15) is 18.0 Å². The molecule has 0 aliphatic heterocycles. The van der Waals surface area contributed by atoms with E-state index < -0.39 is 27.8 Å². The Balaban J connectivity index is 2.18. The van der Waals surface area contributed by atoms with Gasteiger partial charge in [-0.2, -0.15) is 0 Å². The summed E-state index contributed by atoms with van der Waals surface area (Å²) in [6.07, 6.45) is 2.16. The van der Waals surface area contributed by atoms with Gasteiger partial charge in [-0.05, 0) is 18.6 Å². The minimum Gasteiger partial charge on any atom is -0.481 e. The van der Waals surface area contributed by atoms with E-state index in [1.165, 1.54) is 6.08 Å². The predicted octanol–water partition coefficient (Wildman–Crippen LogP) is 1.76. The van der Waals surface area contributed by atoms with Gasteiger partial charge in [0, 0.05) is 29.5 Å². The van der Waals surface area contributed by atoms with E-state index in [4.69, 9.17) is 5.11 Å². The summed E-state index contributed by atoms with van der Waals surface area (Å²) in [6.45, 7) is 0. The van der Waals surface area contributed by atoms with Gasteiger partial charge in [0.2, 0.25) is 0 Å². The van der Waals surface area contributed by atoms with Crippen molar-refractivity contribution in [2.45, 2.75) is 18.9 Å². The van der Waals surface area contributed by atoms with Gasteiger partial charge in [-0.1, -0.05) is 30.3 Å². The number of carboxylic acids is 1. The third kappa shape index (κ3) is 6.00. The van der Waals surface area contributed by atoms with Crippen molar-refractivity contribution in [2.75, 3.05) is 6.26 Å². The highest BCUT2D eigenvalue weighted by Gasteiger charge is 2.15. The van der Waals surface area contributed by atoms with Crippen molar-refractivity contribution < 1.29 is 23.1 Å². The first-order valence-corrected chi connectivity index (χ1v) is 9.47. The highest BCUT2D eigenvalue weighted by molar-refractivity contribution is 7.93. The van der Waals surface area contributed by atoms with Crippen LogP contribution in [-0.4, -0.2) is 42.7 Å². The molecule has 1 aromatic heterocycles. The molecule has 0 saturated heterocycles. The number of fused-ring (bicyclic) bond motifs is 1. The number of sulfone groups is 1. The van der Waals surface area contributed by atoms with Crippen molar-refractivity contribution in [2.24, 2.45) is 0 Å². The Morgan fingerprint density at radius 2 is 1.96 bits per heavy atom. The van der Waals surface area contributed by atoms with Crippen LogP contribution < -0.4 is 5.32 Å². The van der Waals surface area contributed by atoms with E-state index in [1.54, 1.807) is 18.2 Å². The standard InChI is InChI=1S/C17H18N2O5S/c1-25(23,24)11-10-13(7-9-16(20)21)18-17(22)15-8-6-12-4-2-3-5-14(12)19-15/h2-6,8,10-11,13H,7,9H2,1H3,(H,18,22)(H,20,21). The Morgan fingerprint density at radius 1 is 1.24 bits per heavy atom. The van der Waals surface area contributed by atoms with E-state index in [0.29, 0.717) is 5.52 Å². The lowest BCUT2D eigenvalue weighted by atomic mass is 10.1. The number of nitrogens with zero attached hydrogens (tertiary/aromatic N) is 1. The summed E-state index contributed by atoms with van der Waals surface area (Å²) < 4.78 is 22.5. The smallest absolute Gasteiger partial charge is 0.303 e. The molecule has 2 aromatic rings. The molecule has 132 valence electrons. The van der Waals surface area contributed by atoms with Gasteiger partial charge in [-0.25, -0.2) is 13.4 Å². The first kappa shape index (κ1) is 18.6. The summed E-state index contributed by atoms with van der Waals surface area (Å²) in [4.78, 5) is 27.4. The molecule has 2 N–H and O–H groups in total. The number of hydrogen-bond donors (Lipinski definition) is 2. The number of rotatable bonds is 7. The Hall–Kier alpha value is -2.74. The van der Waals surface area contributed by atoms with Crippen molar-refractivity contribution in [3.05, 3.63) is 53.6 Å². The topological polar surface area (TPSA) is 113 Å². The van der Waals surface area contributed by atoms with Crippen LogP contribution in [0.2, 0.25) is 0 Å². The van der Waals surface area contributed by atoms with Gasteiger partial charge in [0.1, 0.15) is 5.69 Å². The van der Waals surface area contributed by atoms with Crippen LogP contribution in [0.4, 0.5) is 0 Å². The molecule has 0 fully saturated rings. The Kier molecular flexibility index (Phi) is 5.87. The Morgan fingerprint density at radius 3 is 2.64 bits per heavy atom. The number of para-hydroxylation sites is 1. The molecular weight excluding hydrogens is 344 g/mol. The summed E-state index contributed by atoms with van der Waals surface area (Å²) in [6, 6.07) is 9.91. The molecule has 1 amide bonds. The van der Waals surface area contributed by atoms with Crippen molar-refractivity contribution in [3.63, 3.8) is 0 Å². The molecule has 8 heteroatoms. The lowest BCUT2D eigenvalue weighted by Crippen LogP contribution is -2.34. The van der Waals surface area contributed by atoms with E-state index in [-0.39, 0.29) is 18.5 Å². The number of benzene rings is 1. The van der Waals surface area contributed by atoms with Gasteiger partial charge < -0.3 is 10.4 Å². The second kappa shape index (κ2) is 7.89. The zero-order valence-corrected chi connectivity index (χ0v) is 14.4. The van der Waals surface area contributed by atoms with E-state index in [1.807, 2.05) is 18.2 Å². The molecule has 7 nitrogen and oxygen atoms in total. The van der Waals surface area contributed by atoms with Crippen LogP contribution in [0.5, 0.6) is 0 Å².